The van der Waals surface area contributed by atoms with Crippen LogP contribution in [0.5, 0.6) is 23.0 Å². The van der Waals surface area contributed by atoms with Crippen LogP contribution in [0.2, 0.25) is 0 Å². The van der Waals surface area contributed by atoms with E-state index in [1.54, 1.807) is 13.2 Å². The summed E-state index contributed by atoms with van der Waals surface area (Å²) in [5, 5.41) is 20.9. The molecule has 202 valence electrons. The minimum Gasteiger partial charge on any atom is -0.504 e. The molecule has 0 aliphatic carbocycles. The first-order valence-electron chi connectivity index (χ1n) is 12.2. The molecule has 38 heavy (non-hydrogen) atoms. The van der Waals surface area contributed by atoms with Crippen LogP contribution in [0.25, 0.3) is 0 Å². The van der Waals surface area contributed by atoms with E-state index >= 15 is 0 Å². The van der Waals surface area contributed by atoms with Crippen LogP contribution in [-0.2, 0) is 16.1 Å². The number of carbonyl (C=O) groups is 1. The first-order valence-corrected chi connectivity index (χ1v) is 12.2. The number of nitrogens with zero attached hydrogens (tertiary/aromatic N) is 2. The Kier molecular flexibility index (Phi) is 8.42. The van der Waals surface area contributed by atoms with Gasteiger partial charge >= 0.3 is 5.97 Å². The number of aromatic hydroxyl groups is 2. The second-order valence-electron chi connectivity index (χ2n) is 9.02. The number of ether oxygens (including phenoxy) is 3. The van der Waals surface area contributed by atoms with Crippen LogP contribution in [0.4, 0.5) is 5.69 Å². The first-order chi connectivity index (χ1) is 18.3. The van der Waals surface area contributed by atoms with Gasteiger partial charge in [0.2, 0.25) is 11.2 Å². The highest BCUT2D eigenvalue weighted by Crippen LogP contribution is 2.37. The maximum Gasteiger partial charge on any atom is 0.306 e. The molecule has 1 aromatic heterocycles. The van der Waals surface area contributed by atoms with Gasteiger partial charge in [0.05, 0.1) is 40.2 Å². The van der Waals surface area contributed by atoms with Crippen LogP contribution in [0.1, 0.15) is 29.4 Å². The molecule has 1 atom stereocenters. The molecule has 4 rings (SSSR count). The van der Waals surface area contributed by atoms with Gasteiger partial charge in [0.15, 0.2) is 17.3 Å². The number of phenols is 1. The van der Waals surface area contributed by atoms with E-state index in [1.165, 1.54) is 32.4 Å². The highest BCUT2D eigenvalue weighted by atomic mass is 16.5. The van der Waals surface area contributed by atoms with E-state index in [2.05, 4.69) is 9.80 Å². The molecule has 1 aliphatic heterocycles. The average molecular weight is 525 g/mol. The number of carbonyl (C=O) groups excluding carboxylic acids is 1. The molecule has 0 bridgehead atoms. The highest BCUT2D eigenvalue weighted by molar-refractivity contribution is 5.71. The van der Waals surface area contributed by atoms with Crippen molar-refractivity contribution in [3.8, 4) is 23.0 Å². The maximum absolute atomic E-state index is 12.7. The van der Waals surface area contributed by atoms with Gasteiger partial charge in [-0.25, -0.2) is 0 Å². The molecule has 0 spiro atoms. The molecule has 10 nitrogen and oxygen atoms in total. The van der Waals surface area contributed by atoms with Crippen LogP contribution < -0.4 is 19.8 Å². The summed E-state index contributed by atoms with van der Waals surface area (Å²) in [4.78, 5) is 29.4. The standard InChI is InChI=1S/C28H32N2O8/c1-35-20-7-5-19(6-8-20)30-12-10-29(11-13-30)17-21-15-24(32)27(34)28(38-21)22(16-26(33)37-3)18-4-9-25(36-2)23(31)14-18/h4-9,14-15,22,31,34H,10-13,16-17H2,1-3H3. The first kappa shape index (κ1) is 26.9. The van der Waals surface area contributed by atoms with Gasteiger partial charge in [-0.05, 0) is 42.0 Å². The zero-order valence-corrected chi connectivity index (χ0v) is 21.7. The molecule has 0 amide bonds. The summed E-state index contributed by atoms with van der Waals surface area (Å²) in [6, 6.07) is 13.8. The summed E-state index contributed by atoms with van der Waals surface area (Å²) in [7, 11) is 4.31. The molecular formula is C28H32N2O8. The van der Waals surface area contributed by atoms with Gasteiger partial charge in [0.1, 0.15) is 11.5 Å². The highest BCUT2D eigenvalue weighted by Gasteiger charge is 2.28. The molecule has 1 saturated heterocycles. The lowest BCUT2D eigenvalue weighted by molar-refractivity contribution is -0.140. The molecule has 2 aromatic carbocycles. The largest absolute Gasteiger partial charge is 0.504 e. The number of piperazine rings is 1. The van der Waals surface area contributed by atoms with Crippen molar-refractivity contribution < 1.29 is 33.6 Å². The van der Waals surface area contributed by atoms with Crippen LogP contribution in [0, 0.1) is 0 Å². The lowest BCUT2D eigenvalue weighted by Gasteiger charge is -2.36. The molecule has 1 aliphatic rings. The fourth-order valence-corrected chi connectivity index (χ4v) is 4.58. The van der Waals surface area contributed by atoms with Gasteiger partial charge in [-0.1, -0.05) is 6.07 Å². The van der Waals surface area contributed by atoms with E-state index in [1.807, 2.05) is 24.3 Å². The van der Waals surface area contributed by atoms with Crippen LogP contribution in [0.15, 0.2) is 57.7 Å². The van der Waals surface area contributed by atoms with Gasteiger partial charge in [-0.15, -0.1) is 0 Å². The second-order valence-corrected chi connectivity index (χ2v) is 9.02. The predicted molar refractivity (Wildman–Crippen MR) is 140 cm³/mol. The monoisotopic (exact) mass is 524 g/mol. The summed E-state index contributed by atoms with van der Waals surface area (Å²) in [5.74, 6) is -0.784. The van der Waals surface area contributed by atoms with E-state index in [-0.39, 0.29) is 23.7 Å². The second kappa shape index (κ2) is 11.9. The number of phenolic OH excluding ortho intramolecular Hbond substituents is 1. The van der Waals surface area contributed by atoms with Crippen molar-refractivity contribution in [1.29, 1.82) is 0 Å². The Bertz CT molecular complexity index is 1310. The molecule has 2 N–H and O–H groups in total. The van der Waals surface area contributed by atoms with Crippen molar-refractivity contribution in [3.63, 3.8) is 0 Å². The van der Waals surface area contributed by atoms with Gasteiger partial charge < -0.3 is 33.7 Å². The van der Waals surface area contributed by atoms with Gasteiger partial charge in [0.25, 0.3) is 0 Å². The Morgan fingerprint density at radius 1 is 0.974 bits per heavy atom. The summed E-state index contributed by atoms with van der Waals surface area (Å²) >= 11 is 0. The van der Waals surface area contributed by atoms with E-state index in [0.717, 1.165) is 37.6 Å². The van der Waals surface area contributed by atoms with Crippen molar-refractivity contribution in [3.05, 3.63) is 75.8 Å². The third-order valence-corrected chi connectivity index (χ3v) is 6.71. The molecule has 3 aromatic rings. The Balaban J connectivity index is 1.55. The number of benzene rings is 2. The molecule has 10 heteroatoms. The molecule has 0 radical (unpaired) electrons. The Hall–Kier alpha value is -4.18. The summed E-state index contributed by atoms with van der Waals surface area (Å²) < 4.78 is 21.2. The van der Waals surface area contributed by atoms with E-state index in [4.69, 9.17) is 18.6 Å². The van der Waals surface area contributed by atoms with Crippen molar-refractivity contribution in [2.75, 3.05) is 52.4 Å². The minimum absolute atomic E-state index is 0.0562. The number of methoxy groups -OCH3 is 3. The summed E-state index contributed by atoms with van der Waals surface area (Å²) in [6.45, 7) is 3.42. The fraction of sp³-hybridized carbons (Fsp3) is 0.357. The fourth-order valence-electron chi connectivity index (χ4n) is 4.58. The minimum atomic E-state index is -0.862. The topological polar surface area (TPSA) is 122 Å². The summed E-state index contributed by atoms with van der Waals surface area (Å²) in [6.07, 6.45) is -0.206. The maximum atomic E-state index is 12.7. The lowest BCUT2D eigenvalue weighted by Crippen LogP contribution is -2.46. The molecule has 1 fully saturated rings. The molecule has 2 heterocycles. The number of rotatable bonds is 9. The number of anilines is 1. The van der Waals surface area contributed by atoms with E-state index in [9.17, 15) is 19.8 Å². The van der Waals surface area contributed by atoms with Gasteiger partial charge in [-0.3, -0.25) is 14.5 Å². The predicted octanol–water partition coefficient (Wildman–Crippen LogP) is 3.09. The Morgan fingerprint density at radius 3 is 2.29 bits per heavy atom. The molecule has 1 unspecified atom stereocenters. The average Bonchev–Trinajstić information content (AvgIpc) is 2.94. The van der Waals surface area contributed by atoms with E-state index < -0.39 is 23.1 Å². The van der Waals surface area contributed by atoms with Crippen molar-refractivity contribution >= 4 is 11.7 Å². The third-order valence-electron chi connectivity index (χ3n) is 6.71. The zero-order chi connectivity index (χ0) is 27.2. The number of esters is 1. The Labute approximate surface area is 220 Å². The number of hydrogen-bond acceptors (Lipinski definition) is 10. The molecular weight excluding hydrogens is 492 g/mol. The van der Waals surface area contributed by atoms with Crippen LogP contribution >= 0.6 is 0 Å². The zero-order valence-electron chi connectivity index (χ0n) is 21.7. The van der Waals surface area contributed by atoms with Gasteiger partial charge in [-0.2, -0.15) is 0 Å². The van der Waals surface area contributed by atoms with Crippen molar-refractivity contribution in [2.24, 2.45) is 0 Å². The SMILES string of the molecule is COC(=O)CC(c1ccc(OC)c(O)c1)c1oc(CN2CCN(c3ccc(OC)cc3)CC2)cc(=O)c1O. The number of hydrogen-bond donors (Lipinski definition) is 2. The normalized spacial score (nSPS) is 14.7. The van der Waals surface area contributed by atoms with Crippen molar-refractivity contribution in [2.45, 2.75) is 18.9 Å². The van der Waals surface area contributed by atoms with Gasteiger partial charge in [0, 0.05) is 37.9 Å². The quantitative estimate of drug-likeness (QED) is 0.404. The van der Waals surface area contributed by atoms with Crippen molar-refractivity contribution in [1.82, 2.24) is 4.90 Å². The van der Waals surface area contributed by atoms with E-state index in [0.29, 0.717) is 17.9 Å². The van der Waals surface area contributed by atoms with Crippen LogP contribution in [-0.4, -0.2) is 68.6 Å². The third kappa shape index (κ3) is 6.03. The molecule has 0 saturated carbocycles. The summed E-state index contributed by atoms with van der Waals surface area (Å²) in [5.41, 5.74) is 0.959. The lowest BCUT2D eigenvalue weighted by atomic mass is 9.92. The smallest absolute Gasteiger partial charge is 0.306 e. The Morgan fingerprint density at radius 2 is 1.68 bits per heavy atom. The van der Waals surface area contributed by atoms with Crippen LogP contribution in [0.3, 0.4) is 0 Å².